The quantitative estimate of drug-likeness (QED) is 0.0499. The SMILES string of the molecule is [C-]#[N+]/C(=C\c1ccc(-c2ccc(-c3sc(-c4cc(CCCCCC)c(-c5ccc(-c6ccc(-c7ccc8c(c7)c7ccccc7n8CC)s6)s5)s4)cc3CCCCCC)s2)s1)C(=O)O. The molecule has 7 aromatic heterocycles. The van der Waals surface area contributed by atoms with E-state index in [0.29, 0.717) is 0 Å². The lowest BCUT2D eigenvalue weighted by atomic mass is 10.0. The van der Waals surface area contributed by atoms with E-state index in [1.54, 1.807) is 11.3 Å². The third-order valence-corrected chi connectivity index (χ3v) is 19.5. The largest absolute Gasteiger partial charge is 0.486 e. The van der Waals surface area contributed by atoms with Gasteiger partial charge in [-0.05, 0) is 134 Å². The number of benzene rings is 2. The van der Waals surface area contributed by atoms with Gasteiger partial charge in [0, 0.05) is 86.9 Å². The fourth-order valence-electron chi connectivity index (χ4n) is 8.57. The number of carboxylic acid groups (broad SMARTS) is 1. The molecule has 0 aliphatic heterocycles. The normalized spacial score (nSPS) is 11.9. The molecule has 1 N–H and O–H groups in total. The van der Waals surface area contributed by atoms with Crippen LogP contribution in [0.5, 0.6) is 0 Å². The average molecular weight is 951 g/mol. The number of unbranched alkanes of at least 4 members (excludes halogenated alkanes) is 6. The number of rotatable bonds is 19. The predicted molar refractivity (Wildman–Crippen MR) is 283 cm³/mol. The predicted octanol–water partition coefficient (Wildman–Crippen LogP) is 18.8. The second-order valence-corrected chi connectivity index (χ2v) is 22.7. The molecule has 0 bridgehead atoms. The molecule has 0 atom stereocenters. The van der Waals surface area contributed by atoms with Crippen molar-refractivity contribution >= 4 is 102 Å². The molecule has 324 valence electrons. The van der Waals surface area contributed by atoms with Crippen LogP contribution in [0, 0.1) is 6.57 Å². The van der Waals surface area contributed by atoms with Crippen LogP contribution < -0.4 is 0 Å². The molecule has 64 heavy (non-hydrogen) atoms. The van der Waals surface area contributed by atoms with Gasteiger partial charge in [-0.2, -0.15) is 0 Å². The molecule has 0 amide bonds. The molecule has 0 spiro atoms. The first-order valence-corrected chi connectivity index (χ1v) is 27.3. The molecule has 0 aliphatic carbocycles. The van der Waals surface area contributed by atoms with Crippen LogP contribution in [0.4, 0.5) is 0 Å². The Morgan fingerprint density at radius 3 is 1.67 bits per heavy atom. The number of para-hydroxylation sites is 1. The van der Waals surface area contributed by atoms with Crippen molar-refractivity contribution in [2.45, 2.75) is 91.5 Å². The molecule has 10 heteroatoms. The molecular formula is C54H50N2O2S6. The number of thiophene rings is 6. The van der Waals surface area contributed by atoms with Crippen LogP contribution in [0.1, 0.15) is 88.1 Å². The summed E-state index contributed by atoms with van der Waals surface area (Å²) < 4.78 is 2.42. The van der Waals surface area contributed by atoms with E-state index < -0.39 is 5.97 Å². The van der Waals surface area contributed by atoms with Gasteiger partial charge >= 0.3 is 5.97 Å². The van der Waals surface area contributed by atoms with E-state index >= 15 is 0 Å². The molecule has 4 nitrogen and oxygen atoms in total. The fraction of sp³-hybridized carbons (Fsp3) is 0.259. The summed E-state index contributed by atoms with van der Waals surface area (Å²) in [5.74, 6) is -1.19. The zero-order valence-electron chi connectivity index (χ0n) is 36.4. The maximum Gasteiger partial charge on any atom is 0.333 e. The highest BCUT2D eigenvalue weighted by molar-refractivity contribution is 7.31. The van der Waals surface area contributed by atoms with Crippen LogP contribution in [-0.4, -0.2) is 15.6 Å². The maximum absolute atomic E-state index is 11.5. The van der Waals surface area contributed by atoms with Crippen molar-refractivity contribution in [1.29, 1.82) is 0 Å². The molecule has 9 rings (SSSR count). The van der Waals surface area contributed by atoms with Crippen LogP contribution in [0.3, 0.4) is 0 Å². The molecule has 7 heterocycles. The Morgan fingerprint density at radius 2 is 1.09 bits per heavy atom. The summed E-state index contributed by atoms with van der Waals surface area (Å²) in [4.78, 5) is 29.7. The highest BCUT2D eigenvalue weighted by Crippen LogP contribution is 2.50. The Morgan fingerprint density at radius 1 is 0.562 bits per heavy atom. The van der Waals surface area contributed by atoms with E-state index in [1.165, 1.54) is 151 Å². The first-order chi connectivity index (χ1) is 31.3. The molecule has 0 fully saturated rings. The van der Waals surface area contributed by atoms with Crippen LogP contribution in [-0.2, 0) is 24.2 Å². The minimum Gasteiger partial charge on any atom is -0.486 e. The first-order valence-electron chi connectivity index (χ1n) is 22.4. The number of aliphatic carboxylic acids is 1. The molecule has 0 unspecified atom stereocenters. The van der Waals surface area contributed by atoms with Crippen LogP contribution in [0.15, 0.2) is 109 Å². The number of fused-ring (bicyclic) bond motifs is 3. The zero-order valence-corrected chi connectivity index (χ0v) is 41.3. The van der Waals surface area contributed by atoms with Crippen molar-refractivity contribution in [2.24, 2.45) is 0 Å². The number of carboxylic acids is 1. The van der Waals surface area contributed by atoms with E-state index in [0.717, 1.165) is 34.0 Å². The van der Waals surface area contributed by atoms with E-state index in [4.69, 9.17) is 6.57 Å². The monoisotopic (exact) mass is 950 g/mol. The van der Waals surface area contributed by atoms with E-state index in [9.17, 15) is 9.90 Å². The molecule has 2 aromatic carbocycles. The Labute approximate surface area is 400 Å². The highest BCUT2D eigenvalue weighted by atomic mass is 32.1. The molecule has 0 radical (unpaired) electrons. The van der Waals surface area contributed by atoms with Crippen molar-refractivity contribution < 1.29 is 9.90 Å². The lowest BCUT2D eigenvalue weighted by Gasteiger charge is -2.03. The Bertz CT molecular complexity index is 3150. The summed E-state index contributed by atoms with van der Waals surface area (Å²) in [5.41, 5.74) is 6.51. The lowest BCUT2D eigenvalue weighted by Crippen LogP contribution is -1.94. The zero-order chi connectivity index (χ0) is 44.2. The summed E-state index contributed by atoms with van der Waals surface area (Å²) in [6.07, 6.45) is 13.5. The third-order valence-electron chi connectivity index (χ3n) is 11.8. The van der Waals surface area contributed by atoms with E-state index in [1.807, 2.05) is 57.5 Å². The molecule has 0 aliphatic rings. The maximum atomic E-state index is 11.5. The van der Waals surface area contributed by atoms with Gasteiger partial charge in [-0.1, -0.05) is 76.6 Å². The first kappa shape index (κ1) is 44.3. The topological polar surface area (TPSA) is 46.6 Å². The van der Waals surface area contributed by atoms with Gasteiger partial charge in [-0.25, -0.2) is 4.85 Å². The van der Waals surface area contributed by atoms with Crippen molar-refractivity contribution in [3.63, 3.8) is 0 Å². The summed E-state index contributed by atoms with van der Waals surface area (Å²) in [7, 11) is 0. The smallest absolute Gasteiger partial charge is 0.333 e. The van der Waals surface area contributed by atoms with Gasteiger partial charge in [0.2, 0.25) is 0 Å². The van der Waals surface area contributed by atoms with Crippen LogP contribution in [0.25, 0.3) is 91.9 Å². The number of hydrogen-bond donors (Lipinski definition) is 1. The standard InChI is InChI=1S/C54H50N2O2S6/c1-5-8-10-12-16-35-31-50(63-52(35)48-28-26-45(61-48)44-23-21-37(59-44)33-40(55-4)54(57)58)51-32-36(17-13-11-9-6-2)53(64-51)49-29-27-47(62-49)46-25-24-43(60-46)34-20-22-42-39(30-34)38-18-14-15-19-41(38)56(42)7-3/h14-15,18-33H,5-13,16-17H2,1-3H3,(H,57,58)/b40-33-. The van der Waals surface area contributed by atoms with E-state index in [-0.39, 0.29) is 5.70 Å². The Hall–Kier alpha value is -4.86. The highest BCUT2D eigenvalue weighted by Gasteiger charge is 2.21. The number of hydrogen-bond acceptors (Lipinski definition) is 7. The molecule has 0 saturated carbocycles. The molecule has 9 aromatic rings. The van der Waals surface area contributed by atoms with Gasteiger partial charge in [-0.15, -0.1) is 68.0 Å². The minimum absolute atomic E-state index is 0.266. The fourth-order valence-corrected chi connectivity index (χ4v) is 15.5. The van der Waals surface area contributed by atoms with Gasteiger partial charge in [0.1, 0.15) is 0 Å². The van der Waals surface area contributed by atoms with Crippen LogP contribution >= 0.6 is 68.0 Å². The number of aryl methyl sites for hydroxylation is 3. The van der Waals surface area contributed by atoms with Crippen molar-refractivity contribution in [3.8, 4) is 59.2 Å². The number of carbonyl (C=O) groups is 1. The third kappa shape index (κ3) is 9.30. The minimum atomic E-state index is -1.19. The van der Waals surface area contributed by atoms with Crippen molar-refractivity contribution in [3.05, 3.63) is 136 Å². The molecular weight excluding hydrogens is 901 g/mol. The van der Waals surface area contributed by atoms with Gasteiger partial charge in [0.05, 0.1) is 6.57 Å². The summed E-state index contributed by atoms with van der Waals surface area (Å²) in [6.45, 7) is 15.0. The van der Waals surface area contributed by atoms with Crippen molar-refractivity contribution in [1.82, 2.24) is 4.57 Å². The Kier molecular flexibility index (Phi) is 13.9. The Balaban J connectivity index is 1.02. The lowest BCUT2D eigenvalue weighted by molar-refractivity contribution is -0.132. The van der Waals surface area contributed by atoms with Gasteiger partial charge in [0.25, 0.3) is 5.70 Å². The second kappa shape index (κ2) is 20.1. The second-order valence-electron chi connectivity index (χ2n) is 16.2. The number of nitrogens with zero attached hydrogens (tertiary/aromatic N) is 2. The van der Waals surface area contributed by atoms with Gasteiger partial charge < -0.3 is 9.67 Å². The number of aromatic nitrogens is 1. The van der Waals surface area contributed by atoms with E-state index in [2.05, 4.69) is 121 Å². The van der Waals surface area contributed by atoms with Crippen molar-refractivity contribution in [2.75, 3.05) is 0 Å². The summed E-state index contributed by atoms with van der Waals surface area (Å²) >= 11 is 11.1. The average Bonchev–Trinajstić information content (AvgIpc) is 4.17. The van der Waals surface area contributed by atoms with Gasteiger partial charge in [0.15, 0.2) is 0 Å². The van der Waals surface area contributed by atoms with Crippen LogP contribution in [0.2, 0.25) is 0 Å². The summed E-state index contributed by atoms with van der Waals surface area (Å²) in [5, 5.41) is 12.0. The summed E-state index contributed by atoms with van der Waals surface area (Å²) in [6, 6.07) is 38.5. The molecule has 0 saturated heterocycles. The van der Waals surface area contributed by atoms with Gasteiger partial charge in [-0.3, -0.25) is 4.79 Å².